The van der Waals surface area contributed by atoms with Crippen LogP contribution in [0.5, 0.6) is 0 Å². The highest BCUT2D eigenvalue weighted by Crippen LogP contribution is 2.33. The summed E-state index contributed by atoms with van der Waals surface area (Å²) in [6.07, 6.45) is 4.11. The third kappa shape index (κ3) is 4.20. The van der Waals surface area contributed by atoms with Gasteiger partial charge in [-0.05, 0) is 29.2 Å². The summed E-state index contributed by atoms with van der Waals surface area (Å²) in [4.78, 5) is 20.0. The van der Waals surface area contributed by atoms with Crippen molar-refractivity contribution >= 4 is 28.4 Å². The van der Waals surface area contributed by atoms with Crippen LogP contribution in [-0.2, 0) is 4.79 Å². The van der Waals surface area contributed by atoms with Crippen molar-refractivity contribution in [3.05, 3.63) is 65.1 Å². The van der Waals surface area contributed by atoms with Crippen molar-refractivity contribution in [1.29, 1.82) is 0 Å². The predicted molar refractivity (Wildman–Crippen MR) is 102 cm³/mol. The molecule has 4 nitrogen and oxygen atoms in total. The van der Waals surface area contributed by atoms with Crippen LogP contribution in [0.15, 0.2) is 48.8 Å². The molecule has 25 heavy (non-hydrogen) atoms. The van der Waals surface area contributed by atoms with Gasteiger partial charge in [-0.25, -0.2) is 4.98 Å². The molecule has 1 amide bonds. The van der Waals surface area contributed by atoms with Gasteiger partial charge in [0.25, 0.3) is 0 Å². The van der Waals surface area contributed by atoms with Crippen molar-refractivity contribution in [3.8, 4) is 0 Å². The van der Waals surface area contributed by atoms with Crippen molar-refractivity contribution < 1.29 is 4.79 Å². The van der Waals surface area contributed by atoms with Crippen LogP contribution in [0.1, 0.15) is 37.3 Å². The number of aromatic amines is 1. The number of hydrogen-bond donors (Lipinski definition) is 2. The van der Waals surface area contributed by atoms with Gasteiger partial charge in [-0.15, -0.1) is 0 Å². The summed E-state index contributed by atoms with van der Waals surface area (Å²) in [6, 6.07) is 11.8. The molecule has 3 aromatic rings. The van der Waals surface area contributed by atoms with Crippen LogP contribution in [0, 0.1) is 5.92 Å². The lowest BCUT2D eigenvalue weighted by atomic mass is 9.89. The molecule has 0 fully saturated rings. The number of carbonyl (C=O) groups is 1. The Balaban J connectivity index is 1.94. The summed E-state index contributed by atoms with van der Waals surface area (Å²) in [6.45, 7) is 4.85. The molecule has 0 aliphatic heterocycles. The molecule has 0 saturated heterocycles. The summed E-state index contributed by atoms with van der Waals surface area (Å²) in [5.41, 5.74) is 3.14. The standard InChI is InChI=1S/C20H22ClN3O/c1-13(2)10-24-20(25)9-16(14-7-8-19(21)23-11-14)17-12-22-18-6-4-3-5-15(17)18/h3-8,11-13,16,22H,9-10H2,1-2H3,(H,24,25)/t16-/m1/s1. The highest BCUT2D eigenvalue weighted by Gasteiger charge is 2.21. The first-order valence-electron chi connectivity index (χ1n) is 8.48. The Hall–Kier alpha value is -2.33. The van der Waals surface area contributed by atoms with E-state index in [1.165, 1.54) is 0 Å². The van der Waals surface area contributed by atoms with Gasteiger partial charge in [-0.2, -0.15) is 0 Å². The van der Waals surface area contributed by atoms with E-state index in [-0.39, 0.29) is 11.8 Å². The van der Waals surface area contributed by atoms with Gasteiger partial charge in [0, 0.05) is 42.2 Å². The van der Waals surface area contributed by atoms with Crippen molar-refractivity contribution in [2.24, 2.45) is 5.92 Å². The van der Waals surface area contributed by atoms with Crippen LogP contribution in [0.3, 0.4) is 0 Å². The van der Waals surface area contributed by atoms with Gasteiger partial charge in [0.1, 0.15) is 5.15 Å². The van der Waals surface area contributed by atoms with Crippen LogP contribution in [0.4, 0.5) is 0 Å². The fraction of sp³-hybridized carbons (Fsp3) is 0.300. The number of pyridine rings is 1. The average Bonchev–Trinajstić information content (AvgIpc) is 3.03. The lowest BCUT2D eigenvalue weighted by Gasteiger charge is -2.17. The number of amides is 1. The first-order valence-corrected chi connectivity index (χ1v) is 8.86. The SMILES string of the molecule is CC(C)CNC(=O)C[C@H](c1ccc(Cl)nc1)c1c[nH]c2ccccc12. The highest BCUT2D eigenvalue weighted by molar-refractivity contribution is 6.29. The number of aromatic nitrogens is 2. The molecule has 1 atom stereocenters. The summed E-state index contributed by atoms with van der Waals surface area (Å²) in [5, 5.41) is 4.58. The third-order valence-corrected chi connectivity index (χ3v) is 4.47. The summed E-state index contributed by atoms with van der Waals surface area (Å²) < 4.78 is 0. The van der Waals surface area contributed by atoms with Gasteiger partial charge < -0.3 is 10.3 Å². The normalized spacial score (nSPS) is 12.5. The zero-order chi connectivity index (χ0) is 17.8. The van der Waals surface area contributed by atoms with E-state index >= 15 is 0 Å². The highest BCUT2D eigenvalue weighted by atomic mass is 35.5. The van der Waals surface area contributed by atoms with Gasteiger partial charge >= 0.3 is 0 Å². The maximum Gasteiger partial charge on any atom is 0.220 e. The zero-order valence-corrected chi connectivity index (χ0v) is 15.2. The Bertz CT molecular complexity index is 855. The maximum atomic E-state index is 12.5. The number of rotatable bonds is 6. The largest absolute Gasteiger partial charge is 0.361 e. The number of hydrogen-bond acceptors (Lipinski definition) is 2. The van der Waals surface area contributed by atoms with Crippen molar-refractivity contribution in [2.75, 3.05) is 6.54 Å². The minimum Gasteiger partial charge on any atom is -0.361 e. The fourth-order valence-electron chi connectivity index (χ4n) is 2.96. The minimum atomic E-state index is -0.0759. The molecule has 0 unspecified atom stereocenters. The molecular weight excluding hydrogens is 334 g/mol. The lowest BCUT2D eigenvalue weighted by molar-refractivity contribution is -0.121. The summed E-state index contributed by atoms with van der Waals surface area (Å²) in [7, 11) is 0. The molecule has 2 heterocycles. The van der Waals surface area contributed by atoms with E-state index in [4.69, 9.17) is 11.6 Å². The van der Waals surface area contributed by atoms with Gasteiger partial charge in [0.2, 0.25) is 5.91 Å². The molecule has 2 N–H and O–H groups in total. The number of nitrogens with zero attached hydrogens (tertiary/aromatic N) is 1. The Labute approximate surface area is 152 Å². The van der Waals surface area contributed by atoms with E-state index in [0.717, 1.165) is 22.0 Å². The Morgan fingerprint density at radius 1 is 1.24 bits per heavy atom. The van der Waals surface area contributed by atoms with Crippen LogP contribution >= 0.6 is 11.6 Å². The minimum absolute atomic E-state index is 0.0407. The summed E-state index contributed by atoms with van der Waals surface area (Å²) >= 11 is 5.93. The van der Waals surface area contributed by atoms with Crippen molar-refractivity contribution in [1.82, 2.24) is 15.3 Å². The zero-order valence-electron chi connectivity index (χ0n) is 14.4. The van der Waals surface area contributed by atoms with E-state index in [1.807, 2.05) is 30.5 Å². The molecule has 0 bridgehead atoms. The fourth-order valence-corrected chi connectivity index (χ4v) is 3.07. The number of fused-ring (bicyclic) bond motifs is 1. The molecule has 0 saturated carbocycles. The average molecular weight is 356 g/mol. The van der Waals surface area contributed by atoms with Crippen LogP contribution in [0.25, 0.3) is 10.9 Å². The quantitative estimate of drug-likeness (QED) is 0.639. The van der Waals surface area contributed by atoms with Gasteiger partial charge in [0.05, 0.1) is 0 Å². The number of H-pyrrole nitrogens is 1. The van der Waals surface area contributed by atoms with Gasteiger partial charge in [-0.3, -0.25) is 4.79 Å². The molecular formula is C20H22ClN3O. The second-order valence-electron chi connectivity index (χ2n) is 6.66. The van der Waals surface area contributed by atoms with Crippen LogP contribution < -0.4 is 5.32 Å². The number of para-hydroxylation sites is 1. The Morgan fingerprint density at radius 2 is 2.04 bits per heavy atom. The molecule has 0 aliphatic carbocycles. The van der Waals surface area contributed by atoms with Gasteiger partial charge in [0.15, 0.2) is 0 Å². The number of benzene rings is 1. The van der Waals surface area contributed by atoms with E-state index in [2.05, 4.69) is 35.2 Å². The van der Waals surface area contributed by atoms with E-state index < -0.39 is 0 Å². The second-order valence-corrected chi connectivity index (χ2v) is 7.05. The summed E-state index contributed by atoms with van der Waals surface area (Å²) in [5.74, 6) is 0.389. The van der Waals surface area contributed by atoms with Crippen LogP contribution in [0.2, 0.25) is 5.15 Å². The Morgan fingerprint density at radius 3 is 2.76 bits per heavy atom. The third-order valence-electron chi connectivity index (χ3n) is 4.25. The molecule has 3 rings (SSSR count). The molecule has 0 aliphatic rings. The van der Waals surface area contributed by atoms with Crippen molar-refractivity contribution in [3.63, 3.8) is 0 Å². The molecule has 0 spiro atoms. The lowest BCUT2D eigenvalue weighted by Crippen LogP contribution is -2.28. The topological polar surface area (TPSA) is 57.8 Å². The van der Waals surface area contributed by atoms with Crippen molar-refractivity contribution in [2.45, 2.75) is 26.2 Å². The molecule has 2 aromatic heterocycles. The monoisotopic (exact) mass is 355 g/mol. The molecule has 1 aromatic carbocycles. The van der Waals surface area contributed by atoms with Gasteiger partial charge in [-0.1, -0.05) is 49.7 Å². The molecule has 0 radical (unpaired) electrons. The Kier molecular flexibility index (Phi) is 5.39. The molecule has 5 heteroatoms. The maximum absolute atomic E-state index is 12.5. The number of halogens is 1. The van der Waals surface area contributed by atoms with E-state index in [1.54, 1.807) is 12.3 Å². The second kappa shape index (κ2) is 7.70. The first-order chi connectivity index (χ1) is 12.0. The number of nitrogens with one attached hydrogen (secondary N) is 2. The van der Waals surface area contributed by atoms with Crippen LogP contribution in [-0.4, -0.2) is 22.4 Å². The predicted octanol–water partition coefficient (Wildman–Crippen LogP) is 4.51. The molecule has 130 valence electrons. The first kappa shape index (κ1) is 17.5. The van der Waals surface area contributed by atoms with E-state index in [0.29, 0.717) is 24.0 Å². The van der Waals surface area contributed by atoms with E-state index in [9.17, 15) is 4.79 Å². The number of carbonyl (C=O) groups excluding carboxylic acids is 1. The smallest absolute Gasteiger partial charge is 0.220 e.